The predicted molar refractivity (Wildman–Crippen MR) is 113 cm³/mol. The number of amides is 1. The molecule has 3 aromatic rings. The Morgan fingerprint density at radius 2 is 2.00 bits per heavy atom. The second-order valence-corrected chi connectivity index (χ2v) is 8.75. The SMILES string of the molecule is C[C@H]1CC[C@H](n2cc(NC(=O)c3cnn4ccc(N5CC(O)C5)nc34)c(C(F)F)n2)CC1. The van der Waals surface area contributed by atoms with Crippen LogP contribution in [0.2, 0.25) is 0 Å². The third-order valence-corrected chi connectivity index (χ3v) is 6.36. The lowest BCUT2D eigenvalue weighted by molar-refractivity contribution is 0.102. The smallest absolute Gasteiger partial charge is 0.284 e. The van der Waals surface area contributed by atoms with Crippen LogP contribution in [0.3, 0.4) is 0 Å². The number of hydrogen-bond donors (Lipinski definition) is 2. The molecule has 4 heterocycles. The summed E-state index contributed by atoms with van der Waals surface area (Å²) in [7, 11) is 0. The Labute approximate surface area is 183 Å². The fraction of sp³-hybridized carbons (Fsp3) is 0.524. The van der Waals surface area contributed by atoms with Gasteiger partial charge in [0.05, 0.1) is 24.0 Å². The average molecular weight is 445 g/mol. The van der Waals surface area contributed by atoms with E-state index in [-0.39, 0.29) is 17.3 Å². The maximum Gasteiger partial charge on any atom is 0.284 e. The number of halogens is 2. The highest BCUT2D eigenvalue weighted by Gasteiger charge is 2.28. The minimum Gasteiger partial charge on any atom is -0.389 e. The highest BCUT2D eigenvalue weighted by atomic mass is 19.3. The maximum atomic E-state index is 13.7. The molecule has 2 fully saturated rings. The van der Waals surface area contributed by atoms with Crippen LogP contribution < -0.4 is 10.2 Å². The van der Waals surface area contributed by atoms with Gasteiger partial charge in [0.2, 0.25) is 0 Å². The fourth-order valence-corrected chi connectivity index (χ4v) is 4.38. The first kappa shape index (κ1) is 20.8. The molecule has 9 nitrogen and oxygen atoms in total. The van der Waals surface area contributed by atoms with Crippen LogP contribution >= 0.6 is 0 Å². The summed E-state index contributed by atoms with van der Waals surface area (Å²) in [4.78, 5) is 19.3. The lowest BCUT2D eigenvalue weighted by atomic mass is 9.87. The van der Waals surface area contributed by atoms with Crippen LogP contribution in [0.1, 0.15) is 61.1 Å². The first-order valence-corrected chi connectivity index (χ1v) is 10.8. The van der Waals surface area contributed by atoms with Crippen molar-refractivity contribution in [1.29, 1.82) is 0 Å². The number of fused-ring (bicyclic) bond motifs is 1. The normalized spacial score (nSPS) is 21.8. The van der Waals surface area contributed by atoms with Crippen molar-refractivity contribution >= 4 is 23.1 Å². The molecule has 0 bridgehead atoms. The third-order valence-electron chi connectivity index (χ3n) is 6.36. The molecular weight excluding hydrogens is 420 g/mol. The number of rotatable bonds is 5. The van der Waals surface area contributed by atoms with Gasteiger partial charge < -0.3 is 15.3 Å². The highest BCUT2D eigenvalue weighted by molar-refractivity contribution is 6.08. The minimum absolute atomic E-state index is 0.00462. The van der Waals surface area contributed by atoms with Crippen molar-refractivity contribution in [2.24, 2.45) is 5.92 Å². The van der Waals surface area contributed by atoms with E-state index in [1.54, 1.807) is 16.9 Å². The molecule has 3 aromatic heterocycles. The lowest BCUT2D eigenvalue weighted by Gasteiger charge is -2.36. The van der Waals surface area contributed by atoms with Gasteiger partial charge in [0.1, 0.15) is 11.4 Å². The van der Waals surface area contributed by atoms with Gasteiger partial charge in [-0.15, -0.1) is 0 Å². The van der Waals surface area contributed by atoms with E-state index in [9.17, 15) is 18.7 Å². The number of carbonyl (C=O) groups excluding carboxylic acids is 1. The van der Waals surface area contributed by atoms with E-state index in [1.165, 1.54) is 16.9 Å². The molecule has 0 aromatic carbocycles. The molecule has 2 N–H and O–H groups in total. The van der Waals surface area contributed by atoms with Gasteiger partial charge in [0, 0.05) is 25.5 Å². The van der Waals surface area contributed by atoms with Gasteiger partial charge in [-0.3, -0.25) is 9.48 Å². The molecule has 1 amide bonds. The molecule has 170 valence electrons. The summed E-state index contributed by atoms with van der Waals surface area (Å²) in [6, 6.07) is 1.81. The molecule has 0 atom stereocenters. The van der Waals surface area contributed by atoms with E-state index in [4.69, 9.17) is 0 Å². The molecule has 1 aliphatic carbocycles. The summed E-state index contributed by atoms with van der Waals surface area (Å²) in [6.45, 7) is 3.13. The standard InChI is InChI=1S/C21H25F2N7O2/c1-12-2-4-13(5-3-12)30-11-16(18(27-30)19(22)23)25-21(32)15-8-24-29-7-6-17(26-20(15)29)28-9-14(31)10-28/h6-8,11-14,19,31H,2-5,9-10H2,1H3,(H,25,32)/t12-,13-. The monoisotopic (exact) mass is 445 g/mol. The Morgan fingerprint density at radius 3 is 2.69 bits per heavy atom. The van der Waals surface area contributed by atoms with Crippen LogP contribution in [0.25, 0.3) is 5.65 Å². The Bertz CT molecular complexity index is 1130. The van der Waals surface area contributed by atoms with Crippen molar-refractivity contribution in [2.45, 2.75) is 51.2 Å². The van der Waals surface area contributed by atoms with Crippen LogP contribution in [0.15, 0.2) is 24.7 Å². The number of anilines is 2. The van der Waals surface area contributed by atoms with Crippen molar-refractivity contribution in [3.8, 4) is 0 Å². The van der Waals surface area contributed by atoms with Crippen molar-refractivity contribution in [1.82, 2.24) is 24.4 Å². The molecule has 0 spiro atoms. The Hall–Kier alpha value is -3.08. The summed E-state index contributed by atoms with van der Waals surface area (Å²) < 4.78 is 30.3. The number of aliphatic hydroxyl groups is 1. The maximum absolute atomic E-state index is 13.7. The van der Waals surface area contributed by atoms with Gasteiger partial charge in [0.15, 0.2) is 11.3 Å². The lowest BCUT2D eigenvalue weighted by Crippen LogP contribution is -2.51. The van der Waals surface area contributed by atoms with Crippen LogP contribution in [-0.2, 0) is 0 Å². The quantitative estimate of drug-likeness (QED) is 0.626. The van der Waals surface area contributed by atoms with Gasteiger partial charge in [-0.2, -0.15) is 10.2 Å². The molecule has 0 unspecified atom stereocenters. The zero-order valence-corrected chi connectivity index (χ0v) is 17.7. The summed E-state index contributed by atoms with van der Waals surface area (Å²) >= 11 is 0. The zero-order chi connectivity index (χ0) is 22.4. The second-order valence-electron chi connectivity index (χ2n) is 8.75. The van der Waals surface area contributed by atoms with Gasteiger partial charge in [-0.05, 0) is 37.7 Å². The summed E-state index contributed by atoms with van der Waals surface area (Å²) in [5, 5.41) is 20.4. The number of carbonyl (C=O) groups is 1. The van der Waals surface area contributed by atoms with Gasteiger partial charge in [-0.25, -0.2) is 18.3 Å². The highest BCUT2D eigenvalue weighted by Crippen LogP contribution is 2.34. The van der Waals surface area contributed by atoms with Crippen LogP contribution in [0.5, 0.6) is 0 Å². The van der Waals surface area contributed by atoms with Crippen LogP contribution in [0.4, 0.5) is 20.3 Å². The van der Waals surface area contributed by atoms with E-state index >= 15 is 0 Å². The van der Waals surface area contributed by atoms with Crippen molar-refractivity contribution in [3.63, 3.8) is 0 Å². The average Bonchev–Trinajstić information content (AvgIpc) is 3.36. The van der Waals surface area contributed by atoms with Crippen molar-refractivity contribution in [3.05, 3.63) is 35.9 Å². The molecular formula is C21H25F2N7O2. The number of hydrogen-bond acceptors (Lipinski definition) is 6. The van der Waals surface area contributed by atoms with E-state index < -0.39 is 24.1 Å². The summed E-state index contributed by atoms with van der Waals surface area (Å²) in [5.74, 6) is 0.667. The number of β-amino-alcohol motifs (C(OH)–C–C–N with tert-alkyl or cyclic N) is 1. The minimum atomic E-state index is -2.81. The van der Waals surface area contributed by atoms with E-state index in [1.807, 2.05) is 4.90 Å². The molecule has 1 saturated carbocycles. The zero-order valence-electron chi connectivity index (χ0n) is 17.7. The molecule has 0 radical (unpaired) electrons. The first-order valence-electron chi connectivity index (χ1n) is 10.8. The molecule has 2 aliphatic rings. The molecule has 1 aliphatic heterocycles. The Morgan fingerprint density at radius 1 is 1.25 bits per heavy atom. The van der Waals surface area contributed by atoms with Gasteiger partial charge in [0.25, 0.3) is 12.3 Å². The van der Waals surface area contributed by atoms with Crippen LogP contribution in [-0.4, -0.2) is 54.6 Å². The van der Waals surface area contributed by atoms with Crippen LogP contribution in [0, 0.1) is 5.92 Å². The van der Waals surface area contributed by atoms with Crippen molar-refractivity contribution in [2.75, 3.05) is 23.3 Å². The number of nitrogens with one attached hydrogen (secondary N) is 1. The van der Waals surface area contributed by atoms with E-state index in [0.29, 0.717) is 30.5 Å². The van der Waals surface area contributed by atoms with Gasteiger partial charge >= 0.3 is 0 Å². The molecule has 5 rings (SSSR count). The number of aromatic nitrogens is 5. The van der Waals surface area contributed by atoms with Gasteiger partial charge in [-0.1, -0.05) is 6.92 Å². The third kappa shape index (κ3) is 3.81. The van der Waals surface area contributed by atoms with E-state index in [0.717, 1.165) is 25.7 Å². The first-order chi connectivity index (χ1) is 15.4. The van der Waals surface area contributed by atoms with Crippen molar-refractivity contribution < 1.29 is 18.7 Å². The predicted octanol–water partition coefficient (Wildman–Crippen LogP) is 3.05. The largest absolute Gasteiger partial charge is 0.389 e. The number of nitrogens with zero attached hydrogens (tertiary/aromatic N) is 6. The summed E-state index contributed by atoms with van der Waals surface area (Å²) in [5.41, 5.74) is 0.0580. The second kappa shape index (κ2) is 8.12. The fourth-order valence-electron chi connectivity index (χ4n) is 4.38. The number of alkyl halides is 2. The number of aliphatic hydroxyl groups excluding tert-OH is 1. The molecule has 1 saturated heterocycles. The summed E-state index contributed by atoms with van der Waals surface area (Å²) in [6.07, 6.45) is 5.16. The molecule has 32 heavy (non-hydrogen) atoms. The Kier molecular flexibility index (Phi) is 5.28. The topological polar surface area (TPSA) is 101 Å². The Balaban J connectivity index is 1.39. The van der Waals surface area contributed by atoms with E-state index in [2.05, 4.69) is 27.4 Å². The molecule has 11 heteroatoms.